The third-order valence-electron chi connectivity index (χ3n) is 2.32. The fourth-order valence-corrected chi connectivity index (χ4v) is 1.67. The van der Waals surface area contributed by atoms with E-state index >= 15 is 0 Å². The summed E-state index contributed by atoms with van der Waals surface area (Å²) in [5.41, 5.74) is 0.790. The highest BCUT2D eigenvalue weighted by Gasteiger charge is 2.08. The summed E-state index contributed by atoms with van der Waals surface area (Å²) in [4.78, 5) is 15.7. The van der Waals surface area contributed by atoms with Crippen LogP contribution in [0.25, 0.3) is 0 Å². The van der Waals surface area contributed by atoms with Crippen molar-refractivity contribution >= 4 is 17.5 Å². The number of hydrogen-bond acceptors (Lipinski definition) is 4. The molecule has 0 atom stereocenters. The molecule has 94 valence electrons. The second-order valence-corrected chi connectivity index (χ2v) is 4.19. The Morgan fingerprint density at radius 1 is 1.44 bits per heavy atom. The number of halogens is 1. The van der Waals surface area contributed by atoms with Gasteiger partial charge in [-0.3, -0.25) is 4.79 Å². The van der Waals surface area contributed by atoms with Gasteiger partial charge in [0.1, 0.15) is 0 Å². The molecule has 0 saturated carbocycles. The lowest BCUT2D eigenvalue weighted by atomic mass is 10.1. The first-order valence-corrected chi connectivity index (χ1v) is 5.82. The van der Waals surface area contributed by atoms with E-state index in [-0.39, 0.29) is 18.9 Å². The summed E-state index contributed by atoms with van der Waals surface area (Å²) < 4.78 is 4.89. The molecule has 1 aromatic carbocycles. The summed E-state index contributed by atoms with van der Waals surface area (Å²) in [5, 5.41) is 6.91. The van der Waals surface area contributed by atoms with Crippen LogP contribution >= 0.6 is 11.6 Å². The van der Waals surface area contributed by atoms with Gasteiger partial charge in [0, 0.05) is 5.02 Å². The number of amides is 1. The zero-order chi connectivity index (χ0) is 13.0. The standard InChI is InChI=1S/C12H12ClN3O2/c1-8-15-12(18-16-8)7-14-11(17)6-9-4-2-3-5-10(9)13/h2-5H,6-7H2,1H3,(H,14,17). The van der Waals surface area contributed by atoms with Crippen LogP contribution in [0.4, 0.5) is 0 Å². The molecule has 1 aromatic heterocycles. The highest BCUT2D eigenvalue weighted by molar-refractivity contribution is 6.31. The molecular weight excluding hydrogens is 254 g/mol. The number of rotatable bonds is 4. The molecule has 1 heterocycles. The van der Waals surface area contributed by atoms with Crippen LogP contribution < -0.4 is 5.32 Å². The fraction of sp³-hybridized carbons (Fsp3) is 0.250. The first-order valence-electron chi connectivity index (χ1n) is 5.44. The zero-order valence-electron chi connectivity index (χ0n) is 9.81. The van der Waals surface area contributed by atoms with E-state index in [0.29, 0.717) is 16.7 Å². The summed E-state index contributed by atoms with van der Waals surface area (Å²) in [6.45, 7) is 1.95. The Labute approximate surface area is 109 Å². The second kappa shape index (κ2) is 5.64. The van der Waals surface area contributed by atoms with Crippen molar-refractivity contribution < 1.29 is 9.32 Å². The van der Waals surface area contributed by atoms with Crippen LogP contribution in [0, 0.1) is 6.92 Å². The third kappa shape index (κ3) is 3.30. The van der Waals surface area contributed by atoms with Crippen molar-refractivity contribution in [1.82, 2.24) is 15.5 Å². The number of nitrogens with one attached hydrogen (secondary N) is 1. The van der Waals surface area contributed by atoms with Crippen LogP contribution in [-0.2, 0) is 17.8 Å². The second-order valence-electron chi connectivity index (χ2n) is 3.78. The van der Waals surface area contributed by atoms with Crippen molar-refractivity contribution in [2.75, 3.05) is 0 Å². The van der Waals surface area contributed by atoms with Crippen LogP contribution in [0.2, 0.25) is 5.02 Å². The molecule has 0 radical (unpaired) electrons. The number of carbonyl (C=O) groups excluding carboxylic acids is 1. The fourth-order valence-electron chi connectivity index (χ4n) is 1.46. The molecule has 0 aliphatic rings. The van der Waals surface area contributed by atoms with Crippen molar-refractivity contribution in [1.29, 1.82) is 0 Å². The maximum absolute atomic E-state index is 11.7. The molecule has 0 spiro atoms. The normalized spacial score (nSPS) is 10.3. The molecule has 2 rings (SSSR count). The SMILES string of the molecule is Cc1noc(CNC(=O)Cc2ccccc2Cl)n1. The van der Waals surface area contributed by atoms with Gasteiger partial charge in [0.15, 0.2) is 5.82 Å². The molecule has 1 amide bonds. The number of hydrogen-bond donors (Lipinski definition) is 1. The molecule has 0 fully saturated rings. The zero-order valence-corrected chi connectivity index (χ0v) is 10.6. The monoisotopic (exact) mass is 265 g/mol. The van der Waals surface area contributed by atoms with Gasteiger partial charge in [0.2, 0.25) is 11.8 Å². The summed E-state index contributed by atoms with van der Waals surface area (Å²) >= 11 is 5.97. The van der Waals surface area contributed by atoms with E-state index in [0.717, 1.165) is 5.56 Å². The lowest BCUT2D eigenvalue weighted by Gasteiger charge is -2.04. The van der Waals surface area contributed by atoms with Crippen molar-refractivity contribution in [3.63, 3.8) is 0 Å². The van der Waals surface area contributed by atoms with Crippen molar-refractivity contribution in [2.24, 2.45) is 0 Å². The molecule has 0 saturated heterocycles. The highest BCUT2D eigenvalue weighted by Crippen LogP contribution is 2.15. The molecule has 0 bridgehead atoms. The minimum absolute atomic E-state index is 0.140. The molecule has 2 aromatic rings. The van der Waals surface area contributed by atoms with Gasteiger partial charge in [0.05, 0.1) is 13.0 Å². The third-order valence-corrected chi connectivity index (χ3v) is 2.68. The van der Waals surface area contributed by atoms with E-state index in [1.165, 1.54) is 0 Å². The quantitative estimate of drug-likeness (QED) is 0.917. The van der Waals surface area contributed by atoms with Gasteiger partial charge in [-0.05, 0) is 18.6 Å². The van der Waals surface area contributed by atoms with Crippen LogP contribution in [0.5, 0.6) is 0 Å². The van der Waals surface area contributed by atoms with Gasteiger partial charge >= 0.3 is 0 Å². The van der Waals surface area contributed by atoms with Crippen LogP contribution in [0.15, 0.2) is 28.8 Å². The molecule has 1 N–H and O–H groups in total. The summed E-state index contributed by atoms with van der Waals surface area (Å²) in [6, 6.07) is 7.24. The van der Waals surface area contributed by atoms with Crippen molar-refractivity contribution in [2.45, 2.75) is 19.9 Å². The van der Waals surface area contributed by atoms with Gasteiger partial charge in [-0.25, -0.2) is 0 Å². The highest BCUT2D eigenvalue weighted by atomic mass is 35.5. The average Bonchev–Trinajstić information content (AvgIpc) is 2.76. The van der Waals surface area contributed by atoms with E-state index in [4.69, 9.17) is 16.1 Å². The summed E-state index contributed by atoms with van der Waals surface area (Å²) in [6.07, 6.45) is 0.229. The lowest BCUT2D eigenvalue weighted by Crippen LogP contribution is -2.24. The Balaban J connectivity index is 1.88. The molecular formula is C12H12ClN3O2. The maximum atomic E-state index is 11.7. The van der Waals surface area contributed by atoms with E-state index in [1.54, 1.807) is 13.0 Å². The van der Waals surface area contributed by atoms with Crippen LogP contribution in [0.1, 0.15) is 17.3 Å². The molecule has 18 heavy (non-hydrogen) atoms. The first-order chi connectivity index (χ1) is 8.65. The molecule has 0 aliphatic heterocycles. The summed E-state index contributed by atoms with van der Waals surface area (Å²) in [7, 11) is 0. The van der Waals surface area contributed by atoms with E-state index < -0.39 is 0 Å². The Morgan fingerprint density at radius 2 is 2.22 bits per heavy atom. The van der Waals surface area contributed by atoms with E-state index in [9.17, 15) is 4.79 Å². The van der Waals surface area contributed by atoms with Crippen molar-refractivity contribution in [3.05, 3.63) is 46.6 Å². The number of nitrogens with zero attached hydrogens (tertiary/aromatic N) is 2. The minimum Gasteiger partial charge on any atom is -0.347 e. The van der Waals surface area contributed by atoms with Gasteiger partial charge in [-0.1, -0.05) is 35.0 Å². The van der Waals surface area contributed by atoms with Gasteiger partial charge in [-0.2, -0.15) is 4.98 Å². The molecule has 0 aliphatic carbocycles. The average molecular weight is 266 g/mol. The van der Waals surface area contributed by atoms with E-state index in [2.05, 4.69) is 15.5 Å². The van der Waals surface area contributed by atoms with Gasteiger partial charge in [0.25, 0.3) is 0 Å². The smallest absolute Gasteiger partial charge is 0.246 e. The number of benzene rings is 1. The minimum atomic E-state index is -0.140. The molecule has 0 unspecified atom stereocenters. The summed E-state index contributed by atoms with van der Waals surface area (Å²) in [5.74, 6) is 0.796. The maximum Gasteiger partial charge on any atom is 0.246 e. The Hall–Kier alpha value is -1.88. The lowest BCUT2D eigenvalue weighted by molar-refractivity contribution is -0.120. The Bertz CT molecular complexity index is 554. The number of aromatic nitrogens is 2. The first kappa shape index (κ1) is 12.6. The Morgan fingerprint density at radius 3 is 2.89 bits per heavy atom. The molecule has 5 nitrogen and oxygen atoms in total. The van der Waals surface area contributed by atoms with Gasteiger partial charge < -0.3 is 9.84 Å². The molecule has 6 heteroatoms. The van der Waals surface area contributed by atoms with Gasteiger partial charge in [-0.15, -0.1) is 0 Å². The van der Waals surface area contributed by atoms with Crippen LogP contribution in [0.3, 0.4) is 0 Å². The predicted molar refractivity (Wildman–Crippen MR) is 66.0 cm³/mol. The number of carbonyl (C=O) groups is 1. The topological polar surface area (TPSA) is 68.0 Å². The Kier molecular flexibility index (Phi) is 3.94. The van der Waals surface area contributed by atoms with E-state index in [1.807, 2.05) is 18.2 Å². The largest absolute Gasteiger partial charge is 0.347 e. The predicted octanol–water partition coefficient (Wildman–Crippen LogP) is 1.89. The van der Waals surface area contributed by atoms with Crippen LogP contribution in [-0.4, -0.2) is 16.0 Å². The number of aryl methyl sites for hydroxylation is 1. The van der Waals surface area contributed by atoms with Crippen molar-refractivity contribution in [3.8, 4) is 0 Å².